The van der Waals surface area contributed by atoms with Crippen molar-refractivity contribution < 1.29 is 14.6 Å². The Labute approximate surface area is 142 Å². The summed E-state index contributed by atoms with van der Waals surface area (Å²) in [7, 11) is 3.29. The lowest BCUT2D eigenvalue weighted by atomic mass is 10.3. The zero-order chi connectivity index (χ0) is 16.3. The molecule has 0 aromatic heterocycles. The van der Waals surface area contributed by atoms with Crippen LogP contribution in [0.4, 0.5) is 0 Å². The summed E-state index contributed by atoms with van der Waals surface area (Å²) in [5.74, 6) is 1.48. The molecular weight excluding hydrogens is 334 g/mol. The molecule has 0 spiro atoms. The van der Waals surface area contributed by atoms with Gasteiger partial charge in [-0.15, -0.1) is 0 Å². The summed E-state index contributed by atoms with van der Waals surface area (Å²) >= 11 is 0. The predicted octanol–water partition coefficient (Wildman–Crippen LogP) is 4.00. The van der Waals surface area contributed by atoms with Gasteiger partial charge in [-0.25, -0.2) is 0 Å². The van der Waals surface area contributed by atoms with Gasteiger partial charge in [0.05, 0.1) is 6.61 Å². The highest BCUT2D eigenvalue weighted by Crippen LogP contribution is 2.38. The second-order valence-corrected chi connectivity index (χ2v) is 6.66. The Morgan fingerprint density at radius 3 is 1.74 bits per heavy atom. The molecular formula is C16H17NO4S2. The van der Waals surface area contributed by atoms with E-state index in [0.717, 1.165) is 21.3 Å². The lowest BCUT2D eigenvalue weighted by Crippen LogP contribution is -2.01. The number of nitrogens with zero attached hydrogens (tertiary/aromatic N) is 1. The molecule has 0 bridgehead atoms. The lowest BCUT2D eigenvalue weighted by Gasteiger charge is -2.06. The fourth-order valence-corrected chi connectivity index (χ4v) is 3.57. The summed E-state index contributed by atoms with van der Waals surface area (Å²) in [5.41, 5.74) is 0. The molecule has 122 valence electrons. The number of hydrogen-bond donors (Lipinski definition) is 1. The maximum absolute atomic E-state index is 9.99. The van der Waals surface area contributed by atoms with Crippen molar-refractivity contribution in [3.8, 4) is 11.5 Å². The van der Waals surface area contributed by atoms with Crippen LogP contribution in [0.1, 0.15) is 0 Å². The van der Waals surface area contributed by atoms with Crippen molar-refractivity contribution in [3.63, 3.8) is 0 Å². The zero-order valence-electron chi connectivity index (χ0n) is 12.4. The first-order valence-electron chi connectivity index (χ1n) is 7.02. The Morgan fingerprint density at radius 2 is 1.30 bits per heavy atom. The summed E-state index contributed by atoms with van der Waals surface area (Å²) < 4.78 is 10.7. The van der Waals surface area contributed by atoms with Gasteiger partial charge >= 0.3 is 0 Å². The van der Waals surface area contributed by atoms with Crippen LogP contribution in [0.15, 0.2) is 63.5 Å². The van der Waals surface area contributed by atoms with Crippen LogP contribution < -0.4 is 9.47 Å². The molecule has 5 nitrogen and oxygen atoms in total. The number of benzene rings is 2. The summed E-state index contributed by atoms with van der Waals surface area (Å²) in [4.78, 5) is 12.2. The molecule has 23 heavy (non-hydrogen) atoms. The number of aliphatic hydroxyl groups is 1. The maximum atomic E-state index is 9.99. The van der Waals surface area contributed by atoms with E-state index in [-0.39, 0.29) is 13.2 Å². The molecule has 0 aliphatic heterocycles. The second-order valence-electron chi connectivity index (χ2n) is 4.38. The largest absolute Gasteiger partial charge is 0.492 e. The van der Waals surface area contributed by atoms with E-state index in [9.17, 15) is 4.91 Å². The second kappa shape index (κ2) is 10.1. The molecule has 0 radical (unpaired) electrons. The molecule has 7 heteroatoms. The quantitative estimate of drug-likeness (QED) is 0.396. The predicted molar refractivity (Wildman–Crippen MR) is 93.3 cm³/mol. The van der Waals surface area contributed by atoms with E-state index in [1.54, 1.807) is 21.6 Å². The minimum absolute atomic E-state index is 0.0116. The van der Waals surface area contributed by atoms with E-state index in [0.29, 0.717) is 13.2 Å². The van der Waals surface area contributed by atoms with Crippen molar-refractivity contribution in [3.05, 3.63) is 53.4 Å². The van der Waals surface area contributed by atoms with Gasteiger partial charge in [-0.2, -0.15) is 4.91 Å². The van der Waals surface area contributed by atoms with Crippen LogP contribution in [-0.2, 0) is 0 Å². The topological polar surface area (TPSA) is 68.1 Å². The molecule has 0 saturated heterocycles. The number of hydrogen-bond acceptors (Lipinski definition) is 7. The number of ether oxygens (including phenoxy) is 2. The highest BCUT2D eigenvalue weighted by Gasteiger charge is 2.00. The average Bonchev–Trinajstić information content (AvgIpc) is 2.60. The maximum Gasteiger partial charge on any atom is 0.119 e. The molecule has 0 fully saturated rings. The molecule has 0 heterocycles. The van der Waals surface area contributed by atoms with Crippen molar-refractivity contribution >= 4 is 21.6 Å². The van der Waals surface area contributed by atoms with E-state index in [1.165, 1.54) is 0 Å². The van der Waals surface area contributed by atoms with Gasteiger partial charge in [-0.3, -0.25) is 0 Å². The Bertz CT molecular complexity index is 590. The highest BCUT2D eigenvalue weighted by molar-refractivity contribution is 8.76. The molecule has 2 aromatic rings. The zero-order valence-corrected chi connectivity index (χ0v) is 14.0. The summed E-state index contributed by atoms with van der Waals surface area (Å²) in [6.07, 6.45) is 0. The van der Waals surface area contributed by atoms with E-state index in [1.807, 2.05) is 48.5 Å². The fourth-order valence-electron chi connectivity index (χ4n) is 1.64. The number of rotatable bonds is 10. The molecule has 0 unspecified atom stereocenters. The Kier molecular flexibility index (Phi) is 7.79. The summed E-state index contributed by atoms with van der Waals surface area (Å²) in [5, 5.41) is 11.5. The van der Waals surface area contributed by atoms with Crippen molar-refractivity contribution in [1.29, 1.82) is 0 Å². The first-order valence-corrected chi connectivity index (χ1v) is 9.17. The normalized spacial score (nSPS) is 10.3. The smallest absolute Gasteiger partial charge is 0.119 e. The van der Waals surface area contributed by atoms with Crippen LogP contribution >= 0.6 is 21.6 Å². The molecule has 0 aliphatic rings. The Hall–Kier alpha value is -1.70. The monoisotopic (exact) mass is 351 g/mol. The standard InChI is InChI=1S/C16H17NO4S2/c18-10-12-21-14-3-7-16(8-4-14)23-22-15-5-1-13(2-6-15)20-11-9-17-19/h1-8,18H,9-12H2. The molecule has 2 rings (SSSR count). The molecule has 0 aliphatic carbocycles. The van der Waals surface area contributed by atoms with Crippen LogP contribution in [0.25, 0.3) is 0 Å². The van der Waals surface area contributed by atoms with Gasteiger partial charge in [0.25, 0.3) is 0 Å². The van der Waals surface area contributed by atoms with Gasteiger partial charge in [-0.1, -0.05) is 26.8 Å². The fraction of sp³-hybridized carbons (Fsp3) is 0.250. The molecule has 0 saturated carbocycles. The summed E-state index contributed by atoms with van der Waals surface area (Å²) in [6.45, 7) is 0.774. The Morgan fingerprint density at radius 1 is 0.826 bits per heavy atom. The van der Waals surface area contributed by atoms with Crippen molar-refractivity contribution in [2.24, 2.45) is 5.18 Å². The van der Waals surface area contributed by atoms with Crippen LogP contribution in [0.3, 0.4) is 0 Å². The van der Waals surface area contributed by atoms with Crippen LogP contribution in [0.5, 0.6) is 11.5 Å². The van der Waals surface area contributed by atoms with E-state index in [2.05, 4.69) is 5.18 Å². The molecule has 0 atom stereocenters. The minimum Gasteiger partial charge on any atom is -0.492 e. The number of nitroso groups, excluding NO2 is 1. The average molecular weight is 351 g/mol. The third-order valence-electron chi connectivity index (χ3n) is 2.69. The van der Waals surface area contributed by atoms with E-state index < -0.39 is 0 Å². The van der Waals surface area contributed by atoms with E-state index in [4.69, 9.17) is 14.6 Å². The van der Waals surface area contributed by atoms with Crippen LogP contribution in [0, 0.1) is 4.91 Å². The van der Waals surface area contributed by atoms with Gasteiger partial charge in [0.15, 0.2) is 0 Å². The first-order chi connectivity index (χ1) is 11.3. The summed E-state index contributed by atoms with van der Waals surface area (Å²) in [6, 6.07) is 15.4. The van der Waals surface area contributed by atoms with Gasteiger partial charge in [0.2, 0.25) is 0 Å². The van der Waals surface area contributed by atoms with Gasteiger partial charge in [0, 0.05) is 9.79 Å². The minimum atomic E-state index is 0.0116. The van der Waals surface area contributed by atoms with Crippen molar-refractivity contribution in [2.75, 3.05) is 26.4 Å². The van der Waals surface area contributed by atoms with E-state index >= 15 is 0 Å². The molecule has 1 N–H and O–H groups in total. The number of aliphatic hydroxyl groups excluding tert-OH is 1. The Balaban J connectivity index is 1.79. The lowest BCUT2D eigenvalue weighted by molar-refractivity contribution is 0.201. The van der Waals surface area contributed by atoms with Gasteiger partial charge in [-0.05, 0) is 48.5 Å². The van der Waals surface area contributed by atoms with Crippen molar-refractivity contribution in [1.82, 2.24) is 0 Å². The third kappa shape index (κ3) is 6.52. The SMILES string of the molecule is O=NCCOc1ccc(SSc2ccc(OCCO)cc2)cc1. The highest BCUT2D eigenvalue weighted by atomic mass is 33.1. The molecule has 0 amide bonds. The third-order valence-corrected chi connectivity index (χ3v) is 5.11. The van der Waals surface area contributed by atoms with Gasteiger partial charge in [0.1, 0.15) is 31.3 Å². The van der Waals surface area contributed by atoms with Gasteiger partial charge < -0.3 is 14.6 Å². The van der Waals surface area contributed by atoms with Crippen LogP contribution in [0.2, 0.25) is 0 Å². The van der Waals surface area contributed by atoms with Crippen molar-refractivity contribution in [2.45, 2.75) is 9.79 Å². The molecule has 2 aromatic carbocycles. The first kappa shape index (κ1) is 17.7. The van der Waals surface area contributed by atoms with Crippen LogP contribution in [-0.4, -0.2) is 31.5 Å².